The van der Waals surface area contributed by atoms with Crippen molar-refractivity contribution in [2.45, 2.75) is 26.2 Å². The van der Waals surface area contributed by atoms with Gasteiger partial charge in [0.1, 0.15) is 0 Å². The fraction of sp³-hybridized carbons (Fsp3) is 0.692. The summed E-state index contributed by atoms with van der Waals surface area (Å²) in [6, 6.07) is 1.98. The summed E-state index contributed by atoms with van der Waals surface area (Å²) < 4.78 is 4.98. The van der Waals surface area contributed by atoms with Gasteiger partial charge in [0.2, 0.25) is 0 Å². The monoisotopic (exact) mass is 275 g/mol. The Kier molecular flexibility index (Phi) is 7.86. The largest absolute Gasteiger partial charge is 0.383 e. The number of hydrogen-bond acceptors (Lipinski definition) is 3. The van der Waals surface area contributed by atoms with Gasteiger partial charge in [0, 0.05) is 18.5 Å². The summed E-state index contributed by atoms with van der Waals surface area (Å²) in [4.78, 5) is 1.32. The number of aryl methyl sites for hydroxylation is 1. The molecule has 0 spiro atoms. The second kappa shape index (κ2) is 8.92. The van der Waals surface area contributed by atoms with Crippen LogP contribution in [0.3, 0.4) is 0 Å². The van der Waals surface area contributed by atoms with E-state index in [0.29, 0.717) is 0 Å². The van der Waals surface area contributed by atoms with Crippen molar-refractivity contribution in [1.29, 1.82) is 0 Å². The Morgan fingerprint density at radius 1 is 1.41 bits per heavy atom. The Labute approximate surface area is 113 Å². The number of thiophene rings is 1. The molecule has 0 fully saturated rings. The molecule has 1 heterocycles. The molecule has 4 heteroatoms. The first-order valence-electron chi connectivity index (χ1n) is 6.15. The number of nitrogens with one attached hydrogen (secondary N) is 1. The Bertz CT molecular complexity index is 303. The zero-order valence-corrected chi connectivity index (χ0v) is 12.2. The van der Waals surface area contributed by atoms with Gasteiger partial charge < -0.3 is 10.1 Å². The molecule has 98 valence electrons. The van der Waals surface area contributed by atoms with Crippen LogP contribution in [0.4, 0.5) is 0 Å². The lowest BCUT2D eigenvalue weighted by Crippen LogP contribution is -2.21. The maximum atomic E-state index is 6.07. The third-order valence-corrected chi connectivity index (χ3v) is 4.30. The van der Waals surface area contributed by atoms with Gasteiger partial charge in [-0.1, -0.05) is 18.5 Å². The predicted molar refractivity (Wildman–Crippen MR) is 76.2 cm³/mol. The second-order valence-electron chi connectivity index (χ2n) is 4.37. The smallest absolute Gasteiger partial charge is 0.0587 e. The summed E-state index contributed by atoms with van der Waals surface area (Å²) in [5, 5.41) is 6.37. The van der Waals surface area contributed by atoms with Gasteiger partial charge in [-0.05, 0) is 43.2 Å². The van der Waals surface area contributed by atoms with E-state index in [1.807, 2.05) is 6.07 Å². The van der Waals surface area contributed by atoms with Crippen LogP contribution in [0.2, 0.25) is 5.02 Å². The number of ether oxygens (including phenoxy) is 1. The van der Waals surface area contributed by atoms with Crippen LogP contribution in [0.1, 0.15) is 24.6 Å². The third-order valence-electron chi connectivity index (χ3n) is 2.85. The van der Waals surface area contributed by atoms with Gasteiger partial charge in [-0.2, -0.15) is 0 Å². The lowest BCUT2D eigenvalue weighted by atomic mass is 10.0. The maximum absolute atomic E-state index is 6.07. The molecule has 0 bridgehead atoms. The molecule has 1 aromatic heterocycles. The fourth-order valence-corrected chi connectivity index (χ4v) is 2.82. The highest BCUT2D eigenvalue weighted by Gasteiger charge is 2.06. The summed E-state index contributed by atoms with van der Waals surface area (Å²) in [5.74, 6) is 0.739. The van der Waals surface area contributed by atoms with E-state index in [2.05, 4.69) is 17.6 Å². The van der Waals surface area contributed by atoms with Crippen molar-refractivity contribution < 1.29 is 4.74 Å². The Morgan fingerprint density at radius 2 is 2.24 bits per heavy atom. The highest BCUT2D eigenvalue weighted by molar-refractivity contribution is 7.10. The summed E-state index contributed by atoms with van der Waals surface area (Å²) >= 11 is 7.83. The van der Waals surface area contributed by atoms with Crippen LogP contribution >= 0.6 is 22.9 Å². The molecule has 17 heavy (non-hydrogen) atoms. The minimum atomic E-state index is 0.739. The maximum Gasteiger partial charge on any atom is 0.0587 e. The molecule has 1 rings (SSSR count). The highest BCUT2D eigenvalue weighted by Crippen LogP contribution is 2.25. The SMILES string of the molecule is COCCNCCC(C)CCc1sccc1Cl. The standard InChI is InChI=1S/C13H22ClNOS/c1-11(5-7-15-8-9-16-2)3-4-13-12(14)6-10-17-13/h6,10-11,15H,3-5,7-9H2,1-2H3. The molecular formula is C13H22ClNOS. The van der Waals surface area contributed by atoms with E-state index in [9.17, 15) is 0 Å². The van der Waals surface area contributed by atoms with Crippen molar-refractivity contribution >= 4 is 22.9 Å². The number of methoxy groups -OCH3 is 1. The third kappa shape index (κ3) is 6.41. The van der Waals surface area contributed by atoms with Gasteiger partial charge in [0.15, 0.2) is 0 Å². The fourth-order valence-electron chi connectivity index (χ4n) is 1.67. The number of hydrogen-bond donors (Lipinski definition) is 1. The van der Waals surface area contributed by atoms with E-state index in [1.165, 1.54) is 17.7 Å². The molecule has 1 atom stereocenters. The first kappa shape index (κ1) is 15.0. The molecule has 0 saturated heterocycles. The zero-order valence-electron chi connectivity index (χ0n) is 10.7. The van der Waals surface area contributed by atoms with E-state index in [1.54, 1.807) is 18.4 Å². The van der Waals surface area contributed by atoms with Crippen LogP contribution in [0.5, 0.6) is 0 Å². The first-order valence-corrected chi connectivity index (χ1v) is 7.41. The summed E-state index contributed by atoms with van der Waals surface area (Å²) in [6.45, 7) is 5.11. The molecule has 0 aliphatic heterocycles. The van der Waals surface area contributed by atoms with Gasteiger partial charge in [-0.25, -0.2) is 0 Å². The lowest BCUT2D eigenvalue weighted by Gasteiger charge is -2.11. The van der Waals surface area contributed by atoms with Crippen molar-refractivity contribution in [1.82, 2.24) is 5.32 Å². The molecular weight excluding hydrogens is 254 g/mol. The average molecular weight is 276 g/mol. The quantitative estimate of drug-likeness (QED) is 0.696. The normalized spacial score (nSPS) is 12.9. The summed E-state index contributed by atoms with van der Waals surface area (Å²) in [5.41, 5.74) is 0. The van der Waals surface area contributed by atoms with Crippen LogP contribution in [-0.2, 0) is 11.2 Å². The van der Waals surface area contributed by atoms with Crippen LogP contribution in [0.25, 0.3) is 0 Å². The minimum Gasteiger partial charge on any atom is -0.383 e. The molecule has 1 unspecified atom stereocenters. The van der Waals surface area contributed by atoms with Crippen LogP contribution in [0, 0.1) is 5.92 Å². The molecule has 0 radical (unpaired) electrons. The predicted octanol–water partition coefficient (Wildman–Crippen LogP) is 3.60. The number of halogens is 1. The summed E-state index contributed by atoms with van der Waals surface area (Å²) in [7, 11) is 1.73. The first-order chi connectivity index (χ1) is 8.24. The van der Waals surface area contributed by atoms with E-state index >= 15 is 0 Å². The Balaban J connectivity index is 2.05. The molecule has 0 aromatic carbocycles. The topological polar surface area (TPSA) is 21.3 Å². The van der Waals surface area contributed by atoms with Gasteiger partial charge in [-0.3, -0.25) is 0 Å². The molecule has 0 saturated carbocycles. The molecule has 1 N–H and O–H groups in total. The van der Waals surface area contributed by atoms with Crippen molar-refractivity contribution in [2.75, 3.05) is 26.8 Å². The molecule has 2 nitrogen and oxygen atoms in total. The van der Waals surface area contributed by atoms with E-state index < -0.39 is 0 Å². The van der Waals surface area contributed by atoms with Crippen LogP contribution in [-0.4, -0.2) is 26.8 Å². The second-order valence-corrected chi connectivity index (χ2v) is 5.77. The minimum absolute atomic E-state index is 0.739. The van der Waals surface area contributed by atoms with E-state index in [0.717, 1.165) is 37.1 Å². The Hall–Kier alpha value is -0.0900. The van der Waals surface area contributed by atoms with Crippen LogP contribution in [0.15, 0.2) is 11.4 Å². The van der Waals surface area contributed by atoms with Gasteiger partial charge in [0.25, 0.3) is 0 Å². The zero-order chi connectivity index (χ0) is 12.5. The number of rotatable bonds is 9. The van der Waals surface area contributed by atoms with E-state index in [-0.39, 0.29) is 0 Å². The van der Waals surface area contributed by atoms with E-state index in [4.69, 9.17) is 16.3 Å². The van der Waals surface area contributed by atoms with Crippen molar-refractivity contribution in [3.05, 3.63) is 21.3 Å². The highest BCUT2D eigenvalue weighted by atomic mass is 35.5. The molecule has 1 aromatic rings. The summed E-state index contributed by atoms with van der Waals surface area (Å²) in [6.07, 6.45) is 3.54. The van der Waals surface area contributed by atoms with Gasteiger partial charge in [0.05, 0.1) is 11.6 Å². The molecule has 0 aliphatic carbocycles. The lowest BCUT2D eigenvalue weighted by molar-refractivity contribution is 0.199. The van der Waals surface area contributed by atoms with Crippen molar-refractivity contribution in [3.63, 3.8) is 0 Å². The van der Waals surface area contributed by atoms with Crippen LogP contribution < -0.4 is 5.32 Å². The average Bonchev–Trinajstić information content (AvgIpc) is 2.72. The Morgan fingerprint density at radius 3 is 2.88 bits per heavy atom. The molecule has 0 aliphatic rings. The molecule has 0 amide bonds. The van der Waals surface area contributed by atoms with Crippen molar-refractivity contribution in [2.24, 2.45) is 5.92 Å². The van der Waals surface area contributed by atoms with Gasteiger partial charge >= 0.3 is 0 Å². The van der Waals surface area contributed by atoms with Crippen molar-refractivity contribution in [3.8, 4) is 0 Å². The van der Waals surface area contributed by atoms with Gasteiger partial charge in [-0.15, -0.1) is 11.3 Å².